The number of nitrogens with one attached hydrogen (secondary N) is 1. The van der Waals surface area contributed by atoms with Crippen LogP contribution in [-0.2, 0) is 0 Å². The van der Waals surface area contributed by atoms with E-state index in [1.807, 2.05) is 0 Å². The van der Waals surface area contributed by atoms with Gasteiger partial charge < -0.3 is 11.1 Å². The van der Waals surface area contributed by atoms with Crippen LogP contribution < -0.4 is 11.1 Å². The number of nitro groups is 2. The summed E-state index contributed by atoms with van der Waals surface area (Å²) >= 11 is 0. The van der Waals surface area contributed by atoms with Crippen LogP contribution in [0.2, 0.25) is 0 Å². The van der Waals surface area contributed by atoms with Crippen LogP contribution in [0.4, 0.5) is 28.4 Å². The van der Waals surface area contributed by atoms with Crippen LogP contribution in [0.15, 0.2) is 36.4 Å². The number of benzene rings is 2. The predicted molar refractivity (Wildman–Crippen MR) is 78.6 cm³/mol. The van der Waals surface area contributed by atoms with Gasteiger partial charge in [0.15, 0.2) is 0 Å². The molecule has 0 fully saturated rings. The average molecular weight is 288 g/mol. The molecule has 0 radical (unpaired) electrons. The fraction of sp³-hybridized carbons (Fsp3) is 0.0769. The second-order valence-corrected chi connectivity index (χ2v) is 4.41. The van der Waals surface area contributed by atoms with Gasteiger partial charge in [-0.25, -0.2) is 0 Å². The molecule has 2 rings (SSSR count). The van der Waals surface area contributed by atoms with Gasteiger partial charge in [-0.05, 0) is 25.1 Å². The maximum absolute atomic E-state index is 10.9. The molecule has 0 atom stereocenters. The summed E-state index contributed by atoms with van der Waals surface area (Å²) in [5.74, 6) is 0. The Labute approximate surface area is 119 Å². The minimum atomic E-state index is -0.574. The van der Waals surface area contributed by atoms with Crippen molar-refractivity contribution in [3.63, 3.8) is 0 Å². The second-order valence-electron chi connectivity index (χ2n) is 4.41. The van der Waals surface area contributed by atoms with E-state index in [0.29, 0.717) is 16.9 Å². The van der Waals surface area contributed by atoms with Crippen LogP contribution in [0.25, 0.3) is 0 Å². The molecular weight excluding hydrogens is 276 g/mol. The van der Waals surface area contributed by atoms with Crippen molar-refractivity contribution in [2.45, 2.75) is 6.92 Å². The zero-order chi connectivity index (χ0) is 15.6. The Balaban J connectivity index is 2.30. The van der Waals surface area contributed by atoms with Crippen molar-refractivity contribution in [3.05, 3.63) is 62.2 Å². The molecule has 0 saturated heterocycles. The molecule has 2 aromatic carbocycles. The van der Waals surface area contributed by atoms with E-state index in [9.17, 15) is 20.2 Å². The molecule has 0 heterocycles. The van der Waals surface area contributed by atoms with Gasteiger partial charge in [0.2, 0.25) is 0 Å². The minimum Gasteiger partial charge on any atom is -0.393 e. The first kappa shape index (κ1) is 14.3. The van der Waals surface area contributed by atoms with Crippen molar-refractivity contribution in [3.8, 4) is 0 Å². The lowest BCUT2D eigenvalue weighted by atomic mass is 10.1. The van der Waals surface area contributed by atoms with Crippen molar-refractivity contribution in [1.29, 1.82) is 0 Å². The molecule has 2 aromatic rings. The van der Waals surface area contributed by atoms with Crippen LogP contribution in [0.5, 0.6) is 0 Å². The van der Waals surface area contributed by atoms with Crippen LogP contribution in [0, 0.1) is 27.2 Å². The van der Waals surface area contributed by atoms with E-state index in [2.05, 4.69) is 5.32 Å². The van der Waals surface area contributed by atoms with E-state index >= 15 is 0 Å². The summed E-state index contributed by atoms with van der Waals surface area (Å²) in [5, 5.41) is 24.5. The Hall–Kier alpha value is -3.16. The molecule has 0 aliphatic heterocycles. The molecule has 0 aliphatic carbocycles. The smallest absolute Gasteiger partial charge is 0.292 e. The van der Waals surface area contributed by atoms with Crippen molar-refractivity contribution >= 4 is 28.4 Å². The monoisotopic (exact) mass is 288 g/mol. The first-order chi connectivity index (χ1) is 9.88. The minimum absolute atomic E-state index is 0.00474. The molecule has 0 amide bonds. The van der Waals surface area contributed by atoms with Gasteiger partial charge >= 0.3 is 0 Å². The van der Waals surface area contributed by atoms with Crippen molar-refractivity contribution in [2.75, 3.05) is 11.1 Å². The highest BCUT2D eigenvalue weighted by Crippen LogP contribution is 2.28. The summed E-state index contributed by atoms with van der Waals surface area (Å²) in [7, 11) is 0. The summed E-state index contributed by atoms with van der Waals surface area (Å²) < 4.78 is 0. The van der Waals surface area contributed by atoms with E-state index < -0.39 is 9.85 Å². The van der Waals surface area contributed by atoms with Gasteiger partial charge in [-0.3, -0.25) is 20.2 Å². The van der Waals surface area contributed by atoms with Crippen molar-refractivity contribution in [2.24, 2.45) is 0 Å². The normalized spacial score (nSPS) is 10.1. The average Bonchev–Trinajstić information content (AvgIpc) is 2.40. The number of aryl methyl sites for hydroxylation is 1. The van der Waals surface area contributed by atoms with E-state index in [-0.39, 0.29) is 17.1 Å². The first-order valence-electron chi connectivity index (χ1n) is 5.94. The molecule has 108 valence electrons. The Bertz CT molecular complexity index is 730. The van der Waals surface area contributed by atoms with Crippen LogP contribution in [-0.4, -0.2) is 9.85 Å². The summed E-state index contributed by atoms with van der Waals surface area (Å²) in [6.45, 7) is 1.64. The number of hydrogen-bond donors (Lipinski definition) is 2. The molecule has 21 heavy (non-hydrogen) atoms. The van der Waals surface area contributed by atoms with E-state index in [1.54, 1.807) is 19.1 Å². The van der Waals surface area contributed by atoms with Crippen LogP contribution in [0.3, 0.4) is 0 Å². The number of rotatable bonds is 4. The van der Waals surface area contributed by atoms with E-state index in [1.165, 1.54) is 24.3 Å². The molecule has 0 saturated carbocycles. The first-order valence-corrected chi connectivity index (χ1v) is 5.94. The fourth-order valence-corrected chi connectivity index (χ4v) is 1.85. The zero-order valence-corrected chi connectivity index (χ0v) is 11.1. The molecule has 3 N–H and O–H groups in total. The number of anilines is 3. The lowest BCUT2D eigenvalue weighted by Crippen LogP contribution is -1.98. The summed E-state index contributed by atoms with van der Waals surface area (Å²) in [6, 6.07) is 8.87. The van der Waals surface area contributed by atoms with Gasteiger partial charge in [-0.1, -0.05) is 6.07 Å². The lowest BCUT2D eigenvalue weighted by Gasteiger charge is -2.08. The molecule has 0 aliphatic rings. The molecule has 0 unspecified atom stereocenters. The van der Waals surface area contributed by atoms with Crippen LogP contribution >= 0.6 is 0 Å². The largest absolute Gasteiger partial charge is 0.393 e. The highest BCUT2D eigenvalue weighted by molar-refractivity contribution is 5.71. The molecule has 0 spiro atoms. The molecule has 8 nitrogen and oxygen atoms in total. The highest BCUT2D eigenvalue weighted by atomic mass is 16.6. The highest BCUT2D eigenvalue weighted by Gasteiger charge is 2.13. The zero-order valence-electron chi connectivity index (χ0n) is 11.1. The second kappa shape index (κ2) is 5.45. The number of nitro benzene ring substituents is 2. The maximum Gasteiger partial charge on any atom is 0.292 e. The Morgan fingerprint density at radius 1 is 0.952 bits per heavy atom. The molecular formula is C13H12N4O4. The quantitative estimate of drug-likeness (QED) is 0.506. The number of nitrogen functional groups attached to an aromatic ring is 1. The van der Waals surface area contributed by atoms with E-state index in [4.69, 9.17) is 5.73 Å². The summed E-state index contributed by atoms with van der Waals surface area (Å²) in [5.41, 5.74) is 6.98. The van der Waals surface area contributed by atoms with E-state index in [0.717, 1.165) is 0 Å². The molecule has 0 bridgehead atoms. The molecule has 8 heteroatoms. The summed E-state index contributed by atoms with van der Waals surface area (Å²) in [6.07, 6.45) is 0. The van der Waals surface area contributed by atoms with Gasteiger partial charge in [0.05, 0.1) is 9.85 Å². The SMILES string of the molecule is Cc1ccc(Nc2ccc([N+](=O)[O-])c(N)c2)cc1[N+](=O)[O-]. The van der Waals surface area contributed by atoms with Crippen molar-refractivity contribution < 1.29 is 9.85 Å². The Morgan fingerprint density at radius 2 is 1.52 bits per heavy atom. The Kier molecular flexibility index (Phi) is 3.70. The molecule has 0 aromatic heterocycles. The fourth-order valence-electron chi connectivity index (χ4n) is 1.85. The topological polar surface area (TPSA) is 124 Å². The lowest BCUT2D eigenvalue weighted by molar-refractivity contribution is -0.385. The van der Waals surface area contributed by atoms with Gasteiger partial charge in [-0.2, -0.15) is 0 Å². The standard InChI is InChI=1S/C13H12N4O4/c1-8-2-3-10(7-13(8)17(20)21)15-9-4-5-12(16(18)19)11(14)6-9/h2-7,15H,14H2,1H3. The van der Waals surface area contributed by atoms with Gasteiger partial charge in [0.1, 0.15) is 5.69 Å². The predicted octanol–water partition coefficient (Wildman–Crippen LogP) is 3.14. The Morgan fingerprint density at radius 3 is 2.10 bits per heavy atom. The third-order valence-corrected chi connectivity index (χ3v) is 2.92. The third-order valence-electron chi connectivity index (χ3n) is 2.92. The number of nitrogens with zero attached hydrogens (tertiary/aromatic N) is 2. The van der Waals surface area contributed by atoms with Crippen LogP contribution in [0.1, 0.15) is 5.56 Å². The summed E-state index contributed by atoms with van der Waals surface area (Å²) in [4.78, 5) is 20.5. The third kappa shape index (κ3) is 3.06. The van der Waals surface area contributed by atoms with Gasteiger partial charge in [0, 0.05) is 29.1 Å². The van der Waals surface area contributed by atoms with Gasteiger partial charge in [0.25, 0.3) is 11.4 Å². The van der Waals surface area contributed by atoms with Gasteiger partial charge in [-0.15, -0.1) is 0 Å². The number of hydrogen-bond acceptors (Lipinski definition) is 6. The van der Waals surface area contributed by atoms with Crippen molar-refractivity contribution in [1.82, 2.24) is 0 Å². The maximum atomic E-state index is 10.9. The number of nitrogens with two attached hydrogens (primary N) is 1.